The van der Waals surface area contributed by atoms with Gasteiger partial charge >= 0.3 is 0 Å². The van der Waals surface area contributed by atoms with Crippen molar-refractivity contribution >= 4 is 5.91 Å². The zero-order valence-electron chi connectivity index (χ0n) is 11.8. The second-order valence-electron chi connectivity index (χ2n) is 4.22. The number of carbonyl (C=O) groups is 1. The first-order valence-electron chi connectivity index (χ1n) is 6.08. The molecule has 0 aliphatic rings. The Balaban J connectivity index is 2.50. The molecule has 1 aromatic rings. The Hall–Kier alpha value is -1.59. The standard InChI is InChI=1S/C14H21NO4/c1-10(14(18-3)19-4)15-13(16)9-11-5-7-12(17-2)8-6-11/h5-8,10,14H,9H2,1-4H3,(H,15,16). The number of carbonyl (C=O) groups excluding carboxylic acids is 1. The molecule has 0 spiro atoms. The molecule has 0 aliphatic carbocycles. The third-order valence-corrected chi connectivity index (χ3v) is 2.79. The molecule has 0 aliphatic heterocycles. The van der Waals surface area contributed by atoms with Crippen LogP contribution >= 0.6 is 0 Å². The van der Waals surface area contributed by atoms with E-state index in [1.54, 1.807) is 21.3 Å². The first-order chi connectivity index (χ1) is 9.10. The Morgan fingerprint density at radius 2 is 1.74 bits per heavy atom. The van der Waals surface area contributed by atoms with Gasteiger partial charge < -0.3 is 19.5 Å². The van der Waals surface area contributed by atoms with Gasteiger partial charge in [0.05, 0.1) is 19.6 Å². The predicted molar refractivity (Wildman–Crippen MR) is 72.1 cm³/mol. The van der Waals surface area contributed by atoms with Gasteiger partial charge in [-0.25, -0.2) is 0 Å². The molecule has 0 saturated carbocycles. The molecule has 0 aromatic heterocycles. The van der Waals surface area contributed by atoms with Crippen LogP contribution in [0.25, 0.3) is 0 Å². The van der Waals surface area contributed by atoms with Crippen molar-refractivity contribution in [1.82, 2.24) is 5.32 Å². The van der Waals surface area contributed by atoms with E-state index in [9.17, 15) is 4.79 Å². The summed E-state index contributed by atoms with van der Waals surface area (Å²) in [5.41, 5.74) is 0.928. The minimum atomic E-state index is -0.445. The SMILES string of the molecule is COc1ccc(CC(=O)NC(C)C(OC)OC)cc1. The van der Waals surface area contributed by atoms with E-state index in [0.29, 0.717) is 6.42 Å². The minimum Gasteiger partial charge on any atom is -0.497 e. The van der Waals surface area contributed by atoms with Gasteiger partial charge in [0.15, 0.2) is 6.29 Å². The zero-order valence-corrected chi connectivity index (χ0v) is 11.8. The summed E-state index contributed by atoms with van der Waals surface area (Å²) in [5.74, 6) is 0.702. The highest BCUT2D eigenvalue weighted by Gasteiger charge is 2.17. The number of hydrogen-bond acceptors (Lipinski definition) is 4. The number of ether oxygens (including phenoxy) is 3. The molecule has 0 radical (unpaired) electrons. The average Bonchev–Trinajstić information content (AvgIpc) is 2.40. The van der Waals surface area contributed by atoms with E-state index in [1.165, 1.54) is 0 Å². The summed E-state index contributed by atoms with van der Waals surface area (Å²) in [6.45, 7) is 1.84. The lowest BCUT2D eigenvalue weighted by molar-refractivity contribution is -0.135. The Kier molecular flexibility index (Phi) is 6.32. The van der Waals surface area contributed by atoms with E-state index in [2.05, 4.69) is 5.32 Å². The molecule has 5 nitrogen and oxygen atoms in total. The number of methoxy groups -OCH3 is 3. The average molecular weight is 267 g/mol. The number of rotatable bonds is 7. The molecule has 1 N–H and O–H groups in total. The van der Waals surface area contributed by atoms with Crippen molar-refractivity contribution in [2.24, 2.45) is 0 Å². The largest absolute Gasteiger partial charge is 0.497 e. The van der Waals surface area contributed by atoms with Gasteiger partial charge in [0.1, 0.15) is 5.75 Å². The summed E-state index contributed by atoms with van der Waals surface area (Å²) >= 11 is 0. The number of nitrogens with one attached hydrogen (secondary N) is 1. The fourth-order valence-electron chi connectivity index (χ4n) is 1.81. The molecular weight excluding hydrogens is 246 g/mol. The van der Waals surface area contributed by atoms with Crippen LogP contribution in [0.2, 0.25) is 0 Å². The molecule has 19 heavy (non-hydrogen) atoms. The summed E-state index contributed by atoms with van der Waals surface area (Å²) in [5, 5.41) is 2.84. The maximum atomic E-state index is 11.9. The van der Waals surface area contributed by atoms with Crippen LogP contribution in [-0.4, -0.2) is 39.6 Å². The smallest absolute Gasteiger partial charge is 0.224 e. The minimum absolute atomic E-state index is 0.0724. The van der Waals surface area contributed by atoms with Gasteiger partial charge in [-0.2, -0.15) is 0 Å². The molecule has 0 saturated heterocycles. The highest BCUT2D eigenvalue weighted by atomic mass is 16.7. The number of amides is 1. The highest BCUT2D eigenvalue weighted by Crippen LogP contribution is 2.11. The first-order valence-corrected chi connectivity index (χ1v) is 6.08. The molecular formula is C14H21NO4. The maximum Gasteiger partial charge on any atom is 0.224 e. The lowest BCUT2D eigenvalue weighted by Crippen LogP contribution is -2.43. The van der Waals surface area contributed by atoms with Crippen LogP contribution in [0, 0.1) is 0 Å². The van der Waals surface area contributed by atoms with E-state index < -0.39 is 6.29 Å². The molecule has 5 heteroatoms. The van der Waals surface area contributed by atoms with Gasteiger partial charge in [-0.1, -0.05) is 12.1 Å². The third kappa shape index (κ3) is 4.89. The molecule has 1 unspecified atom stereocenters. The van der Waals surface area contributed by atoms with E-state index in [-0.39, 0.29) is 11.9 Å². The van der Waals surface area contributed by atoms with Gasteiger partial charge in [-0.3, -0.25) is 4.79 Å². The summed E-state index contributed by atoms with van der Waals surface area (Å²) in [7, 11) is 4.69. The summed E-state index contributed by atoms with van der Waals surface area (Å²) < 4.78 is 15.2. The van der Waals surface area contributed by atoms with Crippen LogP contribution in [0.1, 0.15) is 12.5 Å². The maximum absolute atomic E-state index is 11.9. The lowest BCUT2D eigenvalue weighted by atomic mass is 10.1. The molecule has 0 bridgehead atoms. The third-order valence-electron chi connectivity index (χ3n) is 2.79. The van der Waals surface area contributed by atoms with E-state index in [0.717, 1.165) is 11.3 Å². The number of benzene rings is 1. The van der Waals surface area contributed by atoms with E-state index in [1.807, 2.05) is 31.2 Å². The van der Waals surface area contributed by atoms with Crippen LogP contribution in [0.3, 0.4) is 0 Å². The zero-order chi connectivity index (χ0) is 14.3. The van der Waals surface area contributed by atoms with Crippen LogP contribution in [0.15, 0.2) is 24.3 Å². The van der Waals surface area contributed by atoms with Crippen molar-refractivity contribution in [3.63, 3.8) is 0 Å². The van der Waals surface area contributed by atoms with Crippen LogP contribution in [0.5, 0.6) is 5.75 Å². The fourth-order valence-corrected chi connectivity index (χ4v) is 1.81. The van der Waals surface area contributed by atoms with Crippen molar-refractivity contribution < 1.29 is 19.0 Å². The normalized spacial score (nSPS) is 12.3. The van der Waals surface area contributed by atoms with Gasteiger partial charge in [-0.05, 0) is 24.6 Å². The molecule has 1 rings (SSSR count). The van der Waals surface area contributed by atoms with Crippen LogP contribution in [-0.2, 0) is 20.7 Å². The van der Waals surface area contributed by atoms with Gasteiger partial charge in [0, 0.05) is 14.2 Å². The fraction of sp³-hybridized carbons (Fsp3) is 0.500. The van der Waals surface area contributed by atoms with Crippen molar-refractivity contribution in [2.45, 2.75) is 25.7 Å². The van der Waals surface area contributed by atoms with Crippen molar-refractivity contribution in [1.29, 1.82) is 0 Å². The monoisotopic (exact) mass is 267 g/mol. The van der Waals surface area contributed by atoms with Gasteiger partial charge in [-0.15, -0.1) is 0 Å². The molecule has 0 fully saturated rings. The van der Waals surface area contributed by atoms with Crippen LogP contribution < -0.4 is 10.1 Å². The molecule has 0 heterocycles. The summed E-state index contributed by atoms with van der Waals surface area (Å²) in [4.78, 5) is 11.9. The van der Waals surface area contributed by atoms with E-state index >= 15 is 0 Å². The summed E-state index contributed by atoms with van der Waals surface area (Å²) in [6, 6.07) is 7.19. The molecule has 106 valence electrons. The Labute approximate surface area is 113 Å². The van der Waals surface area contributed by atoms with Gasteiger partial charge in [0.25, 0.3) is 0 Å². The Morgan fingerprint density at radius 1 is 1.16 bits per heavy atom. The van der Waals surface area contributed by atoms with Crippen LogP contribution in [0.4, 0.5) is 0 Å². The Bertz CT molecular complexity index is 387. The quantitative estimate of drug-likeness (QED) is 0.758. The molecule has 1 aromatic carbocycles. The summed E-state index contributed by atoms with van der Waals surface area (Å²) in [6.07, 6.45) is -0.131. The van der Waals surface area contributed by atoms with Gasteiger partial charge in [0.2, 0.25) is 5.91 Å². The highest BCUT2D eigenvalue weighted by molar-refractivity contribution is 5.78. The predicted octanol–water partition coefficient (Wildman–Crippen LogP) is 1.36. The van der Waals surface area contributed by atoms with E-state index in [4.69, 9.17) is 14.2 Å². The lowest BCUT2D eigenvalue weighted by Gasteiger charge is -2.22. The first kappa shape index (κ1) is 15.5. The number of hydrogen-bond donors (Lipinski definition) is 1. The van der Waals surface area contributed by atoms with Crippen molar-refractivity contribution in [2.75, 3.05) is 21.3 Å². The van der Waals surface area contributed by atoms with Crippen molar-refractivity contribution in [3.05, 3.63) is 29.8 Å². The second kappa shape index (κ2) is 7.76. The molecule has 1 amide bonds. The second-order valence-corrected chi connectivity index (χ2v) is 4.22. The Morgan fingerprint density at radius 3 is 2.21 bits per heavy atom. The van der Waals surface area contributed by atoms with Crippen molar-refractivity contribution in [3.8, 4) is 5.75 Å². The molecule has 1 atom stereocenters. The topological polar surface area (TPSA) is 56.8 Å².